The summed E-state index contributed by atoms with van der Waals surface area (Å²) >= 11 is 0. The summed E-state index contributed by atoms with van der Waals surface area (Å²) < 4.78 is 5.32. The third kappa shape index (κ3) is 1.85. The van der Waals surface area contributed by atoms with Gasteiger partial charge in [-0.2, -0.15) is 5.26 Å². The molecule has 1 saturated carbocycles. The molecule has 0 aromatic rings. The van der Waals surface area contributed by atoms with Gasteiger partial charge in [0.05, 0.1) is 17.1 Å². The van der Waals surface area contributed by atoms with Crippen molar-refractivity contribution in [1.82, 2.24) is 0 Å². The first-order valence-corrected chi connectivity index (χ1v) is 6.33. The summed E-state index contributed by atoms with van der Waals surface area (Å²) in [5.41, 5.74) is -1.32. The minimum Gasteiger partial charge on any atom is -0.388 e. The molecule has 0 aromatic heterocycles. The van der Waals surface area contributed by atoms with E-state index >= 15 is 0 Å². The topological polar surface area (TPSA) is 53.2 Å². The molecule has 0 radical (unpaired) electrons. The third-order valence-electron chi connectivity index (χ3n) is 4.55. The predicted molar refractivity (Wildman–Crippen MR) is 60.7 cm³/mol. The van der Waals surface area contributed by atoms with Gasteiger partial charge in [0.1, 0.15) is 0 Å². The van der Waals surface area contributed by atoms with Crippen molar-refractivity contribution in [1.29, 1.82) is 5.26 Å². The van der Waals surface area contributed by atoms with Gasteiger partial charge in [-0.15, -0.1) is 0 Å². The molecule has 0 spiro atoms. The van der Waals surface area contributed by atoms with Gasteiger partial charge < -0.3 is 9.84 Å². The fourth-order valence-electron chi connectivity index (χ4n) is 3.12. The Morgan fingerprint density at radius 2 is 1.75 bits per heavy atom. The Hall–Kier alpha value is -0.590. The van der Waals surface area contributed by atoms with Crippen LogP contribution in [0, 0.1) is 22.7 Å². The molecule has 0 bridgehead atoms. The van der Waals surface area contributed by atoms with Gasteiger partial charge in [0.15, 0.2) is 0 Å². The molecule has 90 valence electrons. The quantitative estimate of drug-likeness (QED) is 0.741. The van der Waals surface area contributed by atoms with Crippen LogP contribution >= 0.6 is 0 Å². The molecule has 0 atom stereocenters. The zero-order chi connectivity index (χ0) is 11.6. The van der Waals surface area contributed by atoms with Gasteiger partial charge in [0.25, 0.3) is 0 Å². The van der Waals surface area contributed by atoms with Crippen LogP contribution in [-0.2, 0) is 4.74 Å². The van der Waals surface area contributed by atoms with Gasteiger partial charge in [-0.3, -0.25) is 0 Å². The molecule has 1 N–H and O–H groups in total. The Balaban J connectivity index is 2.16. The SMILES string of the molecule is CC1CCC(O)(C2(C#N)CCOCC2)CC1. The lowest BCUT2D eigenvalue weighted by atomic mass is 9.61. The molecule has 16 heavy (non-hydrogen) atoms. The van der Waals surface area contributed by atoms with Crippen molar-refractivity contribution in [2.75, 3.05) is 13.2 Å². The van der Waals surface area contributed by atoms with Crippen LogP contribution in [0.3, 0.4) is 0 Å². The first kappa shape index (κ1) is 11.9. The largest absolute Gasteiger partial charge is 0.388 e. The maximum Gasteiger partial charge on any atom is 0.0903 e. The summed E-state index contributed by atoms with van der Waals surface area (Å²) in [6.07, 6.45) is 5.02. The Morgan fingerprint density at radius 1 is 1.19 bits per heavy atom. The van der Waals surface area contributed by atoms with Gasteiger partial charge >= 0.3 is 0 Å². The lowest BCUT2D eigenvalue weighted by molar-refractivity contribution is -0.127. The molecule has 0 amide bonds. The molecular formula is C13H21NO2. The highest BCUT2D eigenvalue weighted by atomic mass is 16.5. The molecule has 1 saturated heterocycles. The van der Waals surface area contributed by atoms with E-state index in [1.165, 1.54) is 0 Å². The number of hydrogen-bond acceptors (Lipinski definition) is 3. The molecule has 3 nitrogen and oxygen atoms in total. The van der Waals surface area contributed by atoms with Crippen LogP contribution in [0.5, 0.6) is 0 Å². The molecule has 1 aliphatic heterocycles. The molecule has 2 fully saturated rings. The van der Waals surface area contributed by atoms with Gasteiger partial charge in [-0.25, -0.2) is 0 Å². The van der Waals surface area contributed by atoms with Crippen LogP contribution in [0.15, 0.2) is 0 Å². The number of hydrogen-bond donors (Lipinski definition) is 1. The lowest BCUT2D eigenvalue weighted by Gasteiger charge is -2.48. The Bertz CT molecular complexity index is 281. The zero-order valence-corrected chi connectivity index (χ0v) is 10.0. The Labute approximate surface area is 97.4 Å². The molecule has 0 unspecified atom stereocenters. The Morgan fingerprint density at radius 3 is 2.25 bits per heavy atom. The lowest BCUT2D eigenvalue weighted by Crippen LogP contribution is -2.52. The van der Waals surface area contributed by atoms with Crippen molar-refractivity contribution in [3.05, 3.63) is 0 Å². The zero-order valence-electron chi connectivity index (χ0n) is 10.0. The number of nitrogens with zero attached hydrogens (tertiary/aromatic N) is 1. The highest BCUT2D eigenvalue weighted by molar-refractivity contribution is 5.13. The van der Waals surface area contributed by atoms with Crippen LogP contribution in [0.25, 0.3) is 0 Å². The second-order valence-corrected chi connectivity index (χ2v) is 5.52. The normalized spacial score (nSPS) is 38.9. The molecular weight excluding hydrogens is 202 g/mol. The minimum absolute atomic E-state index is 0.550. The van der Waals surface area contributed by atoms with E-state index < -0.39 is 11.0 Å². The monoisotopic (exact) mass is 223 g/mol. The van der Waals surface area contributed by atoms with E-state index in [2.05, 4.69) is 13.0 Å². The van der Waals surface area contributed by atoms with Gasteiger partial charge in [0, 0.05) is 13.2 Å². The number of rotatable bonds is 1. The summed E-state index contributed by atoms with van der Waals surface area (Å²) in [5.74, 6) is 0.691. The predicted octanol–water partition coefficient (Wildman–Crippen LogP) is 2.25. The summed E-state index contributed by atoms with van der Waals surface area (Å²) in [6.45, 7) is 3.46. The van der Waals surface area contributed by atoms with Crippen molar-refractivity contribution < 1.29 is 9.84 Å². The molecule has 2 aliphatic rings. The molecule has 1 heterocycles. The van der Waals surface area contributed by atoms with E-state index in [-0.39, 0.29) is 0 Å². The van der Waals surface area contributed by atoms with Crippen molar-refractivity contribution in [2.45, 2.75) is 51.0 Å². The number of ether oxygens (including phenoxy) is 1. The highest BCUT2D eigenvalue weighted by Gasteiger charge is 2.52. The van der Waals surface area contributed by atoms with E-state index in [1.807, 2.05) is 0 Å². The van der Waals surface area contributed by atoms with Crippen molar-refractivity contribution >= 4 is 0 Å². The maximum atomic E-state index is 10.8. The van der Waals surface area contributed by atoms with Crippen molar-refractivity contribution in [3.8, 4) is 6.07 Å². The van der Waals surface area contributed by atoms with E-state index in [4.69, 9.17) is 4.74 Å². The van der Waals surface area contributed by atoms with Gasteiger partial charge in [0.2, 0.25) is 0 Å². The molecule has 2 rings (SSSR count). The third-order valence-corrected chi connectivity index (χ3v) is 4.55. The van der Waals surface area contributed by atoms with E-state index in [0.29, 0.717) is 32.0 Å². The average molecular weight is 223 g/mol. The first-order chi connectivity index (χ1) is 7.62. The second-order valence-electron chi connectivity index (χ2n) is 5.52. The number of aliphatic hydroxyl groups is 1. The first-order valence-electron chi connectivity index (χ1n) is 6.33. The van der Waals surface area contributed by atoms with E-state index in [9.17, 15) is 10.4 Å². The summed E-state index contributed by atoms with van der Waals surface area (Å²) in [6, 6.07) is 2.41. The standard InChI is InChI=1S/C13H21NO2/c1-11-2-4-13(15,5-3-11)12(10-14)6-8-16-9-7-12/h11,15H,2-9H2,1H3. The average Bonchev–Trinajstić information content (AvgIpc) is 2.34. The van der Waals surface area contributed by atoms with E-state index in [1.54, 1.807) is 0 Å². The number of nitriles is 1. The summed E-state index contributed by atoms with van der Waals surface area (Å²) in [5, 5.41) is 20.2. The summed E-state index contributed by atoms with van der Waals surface area (Å²) in [4.78, 5) is 0. The van der Waals surface area contributed by atoms with Crippen molar-refractivity contribution in [3.63, 3.8) is 0 Å². The Kier molecular flexibility index (Phi) is 3.23. The fourth-order valence-corrected chi connectivity index (χ4v) is 3.12. The van der Waals surface area contributed by atoms with Crippen LogP contribution in [0.1, 0.15) is 45.4 Å². The summed E-state index contributed by atoms with van der Waals surface area (Å²) in [7, 11) is 0. The smallest absolute Gasteiger partial charge is 0.0903 e. The molecule has 3 heteroatoms. The molecule has 1 aliphatic carbocycles. The maximum absolute atomic E-state index is 10.8. The van der Waals surface area contributed by atoms with Gasteiger partial charge in [-0.05, 0) is 44.4 Å². The fraction of sp³-hybridized carbons (Fsp3) is 0.923. The van der Waals surface area contributed by atoms with Crippen LogP contribution in [0.4, 0.5) is 0 Å². The second kappa shape index (κ2) is 4.35. The van der Waals surface area contributed by atoms with Gasteiger partial charge in [-0.1, -0.05) is 6.92 Å². The van der Waals surface area contributed by atoms with E-state index in [0.717, 1.165) is 25.7 Å². The van der Waals surface area contributed by atoms with Crippen LogP contribution in [0.2, 0.25) is 0 Å². The molecule has 0 aromatic carbocycles. The minimum atomic E-state index is -0.766. The van der Waals surface area contributed by atoms with Crippen molar-refractivity contribution in [2.24, 2.45) is 11.3 Å². The highest BCUT2D eigenvalue weighted by Crippen LogP contribution is 2.49. The van der Waals surface area contributed by atoms with Crippen LogP contribution in [-0.4, -0.2) is 23.9 Å². The van der Waals surface area contributed by atoms with Crippen LogP contribution < -0.4 is 0 Å².